The fraction of sp³-hybridized carbons (Fsp3) is 0.111. The predicted octanol–water partition coefficient (Wildman–Crippen LogP) is 1.43. The van der Waals surface area contributed by atoms with Crippen molar-refractivity contribution in [1.82, 2.24) is 0 Å². The first-order valence-electron chi connectivity index (χ1n) is 3.38. The van der Waals surface area contributed by atoms with Crippen molar-refractivity contribution >= 4 is 5.76 Å². The molecule has 0 aromatic heterocycles. The summed E-state index contributed by atoms with van der Waals surface area (Å²) in [5.74, 6) is 0.143. The third kappa shape index (κ3) is 0.835. The molecule has 0 heterocycles. The van der Waals surface area contributed by atoms with Gasteiger partial charge in [0.05, 0.1) is 0 Å². The minimum atomic E-state index is -0.653. The molecule has 1 atom stereocenters. The van der Waals surface area contributed by atoms with Crippen LogP contribution in [0.3, 0.4) is 0 Å². The molecule has 2 nitrogen and oxygen atoms in total. The Bertz CT molecular complexity index is 315. The monoisotopic (exact) mass is 147 g/mol. The Morgan fingerprint density at radius 2 is 2.27 bits per heavy atom. The van der Waals surface area contributed by atoms with E-state index in [2.05, 4.69) is 6.07 Å². The van der Waals surface area contributed by atoms with Crippen molar-refractivity contribution in [2.45, 2.75) is 6.10 Å². The van der Waals surface area contributed by atoms with Gasteiger partial charge in [-0.3, -0.25) is 0 Å². The zero-order chi connectivity index (χ0) is 7.84. The molecule has 1 aromatic carbocycles. The number of hydrogen-bond acceptors (Lipinski definition) is 2. The van der Waals surface area contributed by atoms with Crippen LogP contribution in [0.2, 0.25) is 0 Å². The first kappa shape index (κ1) is 6.43. The van der Waals surface area contributed by atoms with E-state index in [9.17, 15) is 10.2 Å². The van der Waals surface area contributed by atoms with Gasteiger partial charge in [0.1, 0.15) is 11.9 Å². The summed E-state index contributed by atoms with van der Waals surface area (Å²) in [5.41, 5.74) is 1.43. The number of aliphatic hydroxyl groups excluding tert-OH is 2. The fourth-order valence-corrected chi connectivity index (χ4v) is 1.25. The number of fused-ring (bicyclic) bond motifs is 1. The van der Waals surface area contributed by atoms with Crippen LogP contribution in [0.5, 0.6) is 0 Å². The van der Waals surface area contributed by atoms with Crippen LogP contribution < -0.4 is 0 Å². The molecule has 0 aliphatic heterocycles. The van der Waals surface area contributed by atoms with Crippen molar-refractivity contribution in [3.63, 3.8) is 0 Å². The maximum atomic E-state index is 9.30. The molecule has 1 radical (unpaired) electrons. The van der Waals surface area contributed by atoms with Crippen molar-refractivity contribution in [2.24, 2.45) is 0 Å². The smallest absolute Gasteiger partial charge is 0.122 e. The van der Waals surface area contributed by atoms with E-state index in [1.807, 2.05) is 0 Å². The summed E-state index contributed by atoms with van der Waals surface area (Å²) < 4.78 is 0. The molecule has 55 valence electrons. The van der Waals surface area contributed by atoms with Crippen LogP contribution in [0.15, 0.2) is 24.3 Å². The van der Waals surface area contributed by atoms with E-state index < -0.39 is 6.10 Å². The molecule has 2 N–H and O–H groups in total. The Hall–Kier alpha value is -1.28. The van der Waals surface area contributed by atoms with Crippen LogP contribution in [0.4, 0.5) is 0 Å². The van der Waals surface area contributed by atoms with Crippen LogP contribution in [0.25, 0.3) is 5.76 Å². The van der Waals surface area contributed by atoms with Crippen LogP contribution in [-0.4, -0.2) is 10.2 Å². The lowest BCUT2D eigenvalue weighted by molar-refractivity contribution is 0.231. The van der Waals surface area contributed by atoms with E-state index in [0.717, 1.165) is 5.56 Å². The molecule has 1 unspecified atom stereocenters. The van der Waals surface area contributed by atoms with Gasteiger partial charge in [-0.2, -0.15) is 0 Å². The molecule has 0 fully saturated rings. The standard InChI is InChI=1S/C9H7O2/c10-8-5-9(11)7-4-2-1-3-6(7)8/h1,3-5,8,10-11H. The van der Waals surface area contributed by atoms with E-state index in [1.54, 1.807) is 18.2 Å². The second-order valence-corrected chi connectivity index (χ2v) is 2.51. The quantitative estimate of drug-likeness (QED) is 0.582. The summed E-state index contributed by atoms with van der Waals surface area (Å²) in [6.07, 6.45) is 0.762. The molecule has 2 rings (SSSR count). The largest absolute Gasteiger partial charge is 0.508 e. The number of benzene rings is 1. The third-order valence-electron chi connectivity index (χ3n) is 1.81. The highest BCUT2D eigenvalue weighted by Gasteiger charge is 2.19. The zero-order valence-electron chi connectivity index (χ0n) is 5.78. The molecule has 0 saturated carbocycles. The number of hydrogen-bond donors (Lipinski definition) is 2. The minimum absolute atomic E-state index is 0.143. The van der Waals surface area contributed by atoms with Crippen LogP contribution in [0.1, 0.15) is 17.2 Å². The van der Waals surface area contributed by atoms with Gasteiger partial charge in [0.25, 0.3) is 0 Å². The Labute approximate surface area is 64.4 Å². The highest BCUT2D eigenvalue weighted by atomic mass is 16.3. The average molecular weight is 147 g/mol. The lowest BCUT2D eigenvalue weighted by Crippen LogP contribution is -1.89. The fourth-order valence-electron chi connectivity index (χ4n) is 1.25. The lowest BCUT2D eigenvalue weighted by atomic mass is 10.1. The molecule has 0 saturated heterocycles. The summed E-state index contributed by atoms with van der Waals surface area (Å²) in [6.45, 7) is 0. The summed E-state index contributed by atoms with van der Waals surface area (Å²) in [4.78, 5) is 0. The van der Waals surface area contributed by atoms with Gasteiger partial charge in [-0.05, 0) is 23.8 Å². The summed E-state index contributed by atoms with van der Waals surface area (Å²) >= 11 is 0. The average Bonchev–Trinajstić information content (AvgIpc) is 2.30. The lowest BCUT2D eigenvalue weighted by Gasteiger charge is -2.00. The van der Waals surface area contributed by atoms with E-state index in [4.69, 9.17) is 0 Å². The minimum Gasteiger partial charge on any atom is -0.508 e. The first-order valence-corrected chi connectivity index (χ1v) is 3.38. The first-order chi connectivity index (χ1) is 5.29. The van der Waals surface area contributed by atoms with E-state index in [1.165, 1.54) is 6.08 Å². The maximum absolute atomic E-state index is 9.30. The summed E-state index contributed by atoms with van der Waals surface area (Å²) in [5, 5.41) is 18.5. The van der Waals surface area contributed by atoms with Crippen LogP contribution in [-0.2, 0) is 0 Å². The highest BCUT2D eigenvalue weighted by molar-refractivity contribution is 5.68. The van der Waals surface area contributed by atoms with Gasteiger partial charge in [0.15, 0.2) is 0 Å². The van der Waals surface area contributed by atoms with Crippen molar-refractivity contribution in [3.05, 3.63) is 41.5 Å². The zero-order valence-corrected chi connectivity index (χ0v) is 5.78. The predicted molar refractivity (Wildman–Crippen MR) is 40.8 cm³/mol. The molecule has 1 aromatic rings. The van der Waals surface area contributed by atoms with Crippen molar-refractivity contribution in [1.29, 1.82) is 0 Å². The van der Waals surface area contributed by atoms with Gasteiger partial charge in [-0.25, -0.2) is 0 Å². The number of rotatable bonds is 0. The second kappa shape index (κ2) is 2.10. The van der Waals surface area contributed by atoms with Gasteiger partial charge < -0.3 is 10.2 Å². The van der Waals surface area contributed by atoms with Crippen molar-refractivity contribution in [3.8, 4) is 0 Å². The Morgan fingerprint density at radius 1 is 1.45 bits per heavy atom. The molecule has 0 amide bonds. The van der Waals surface area contributed by atoms with Crippen LogP contribution >= 0.6 is 0 Å². The Morgan fingerprint density at radius 3 is 3.00 bits per heavy atom. The second-order valence-electron chi connectivity index (χ2n) is 2.51. The van der Waals surface area contributed by atoms with Gasteiger partial charge in [-0.1, -0.05) is 12.1 Å². The summed E-state index contributed by atoms with van der Waals surface area (Å²) in [7, 11) is 0. The third-order valence-corrected chi connectivity index (χ3v) is 1.81. The number of aliphatic hydroxyl groups is 2. The molecule has 11 heavy (non-hydrogen) atoms. The molecular weight excluding hydrogens is 140 g/mol. The normalized spacial score (nSPS) is 21.2. The molecule has 2 heteroatoms. The summed E-state index contributed by atoms with van der Waals surface area (Å²) in [6, 6.07) is 7.96. The Kier molecular flexibility index (Phi) is 1.23. The van der Waals surface area contributed by atoms with Gasteiger partial charge in [-0.15, -0.1) is 0 Å². The molecule has 0 bridgehead atoms. The SMILES string of the molecule is OC1=CC(O)c2cc[c]cc21. The maximum Gasteiger partial charge on any atom is 0.122 e. The van der Waals surface area contributed by atoms with Gasteiger partial charge >= 0.3 is 0 Å². The molecule has 0 spiro atoms. The van der Waals surface area contributed by atoms with Gasteiger partial charge in [0, 0.05) is 5.56 Å². The van der Waals surface area contributed by atoms with Crippen molar-refractivity contribution < 1.29 is 10.2 Å². The molecule has 1 aliphatic rings. The van der Waals surface area contributed by atoms with E-state index in [0.29, 0.717) is 5.56 Å². The Balaban J connectivity index is 2.62. The molecule has 1 aliphatic carbocycles. The van der Waals surface area contributed by atoms with Gasteiger partial charge in [0.2, 0.25) is 0 Å². The van der Waals surface area contributed by atoms with E-state index in [-0.39, 0.29) is 5.76 Å². The van der Waals surface area contributed by atoms with Crippen LogP contribution in [0, 0.1) is 6.07 Å². The van der Waals surface area contributed by atoms with Crippen molar-refractivity contribution in [2.75, 3.05) is 0 Å². The topological polar surface area (TPSA) is 40.5 Å². The highest BCUT2D eigenvalue weighted by Crippen LogP contribution is 2.31. The van der Waals surface area contributed by atoms with E-state index >= 15 is 0 Å². The molecular formula is C9H7O2.